The minimum absolute atomic E-state index is 0.605. The molecule has 4 heteroatoms. The molecule has 0 radical (unpaired) electrons. The molecule has 0 unspecified atom stereocenters. The van der Waals surface area contributed by atoms with Gasteiger partial charge in [0.1, 0.15) is 16.7 Å². The zero-order valence-electron chi connectivity index (χ0n) is 29.7. The normalized spacial score (nSPS) is 11.6. The Balaban J connectivity index is 0.944. The lowest BCUT2D eigenvalue weighted by Crippen LogP contribution is -2.09. The molecule has 0 spiro atoms. The van der Waals surface area contributed by atoms with Crippen molar-refractivity contribution in [1.29, 1.82) is 0 Å². The number of nitrogens with zero attached hydrogens (tertiary/aromatic N) is 2. The van der Waals surface area contributed by atoms with E-state index in [-0.39, 0.29) is 0 Å². The molecule has 4 nitrogen and oxygen atoms in total. The number of para-hydroxylation sites is 1. The first-order valence-corrected chi connectivity index (χ1v) is 18.5. The van der Waals surface area contributed by atoms with Crippen LogP contribution in [0.15, 0.2) is 203 Å². The van der Waals surface area contributed by atoms with E-state index in [1.165, 1.54) is 32.7 Å². The van der Waals surface area contributed by atoms with Gasteiger partial charge in [-0.2, -0.15) is 0 Å². The zero-order chi connectivity index (χ0) is 36.3. The van der Waals surface area contributed by atoms with Crippen LogP contribution in [0, 0.1) is 0 Å². The maximum absolute atomic E-state index is 6.41. The highest BCUT2D eigenvalue weighted by atomic mass is 16.4. The van der Waals surface area contributed by atoms with Crippen molar-refractivity contribution in [3.63, 3.8) is 0 Å². The van der Waals surface area contributed by atoms with E-state index in [0.717, 1.165) is 66.8 Å². The second kappa shape index (κ2) is 12.6. The Morgan fingerprint density at radius 1 is 0.382 bits per heavy atom. The topological polar surface area (TPSA) is 42.4 Å². The fraction of sp³-hybridized carbons (Fsp3) is 0. The van der Waals surface area contributed by atoms with Crippen molar-refractivity contribution >= 4 is 71.6 Å². The number of hydrogen-bond acceptors (Lipinski definition) is 4. The molecule has 0 aliphatic rings. The van der Waals surface area contributed by atoms with Gasteiger partial charge in [-0.25, -0.2) is 4.98 Å². The summed E-state index contributed by atoms with van der Waals surface area (Å²) < 4.78 is 12.7. The van der Waals surface area contributed by atoms with Crippen LogP contribution >= 0.6 is 0 Å². The number of oxazole rings is 1. The summed E-state index contributed by atoms with van der Waals surface area (Å²) in [6.07, 6.45) is 0. The molecule has 0 saturated heterocycles. The molecule has 2 aromatic heterocycles. The largest absolute Gasteiger partial charge is 0.456 e. The van der Waals surface area contributed by atoms with Crippen molar-refractivity contribution in [2.75, 3.05) is 4.90 Å². The predicted octanol–water partition coefficient (Wildman–Crippen LogP) is 14.5. The van der Waals surface area contributed by atoms with Gasteiger partial charge < -0.3 is 13.7 Å². The highest BCUT2D eigenvalue weighted by molar-refractivity contribution is 6.17. The van der Waals surface area contributed by atoms with E-state index in [0.29, 0.717) is 5.89 Å². The molecule has 0 aliphatic heterocycles. The summed E-state index contributed by atoms with van der Waals surface area (Å²) in [6.45, 7) is 0. The second-order valence-electron chi connectivity index (χ2n) is 13.9. The summed E-state index contributed by atoms with van der Waals surface area (Å²) in [7, 11) is 0. The fourth-order valence-electron chi connectivity index (χ4n) is 8.04. The van der Waals surface area contributed by atoms with Gasteiger partial charge in [-0.1, -0.05) is 115 Å². The summed E-state index contributed by atoms with van der Waals surface area (Å²) in [5, 5.41) is 7.01. The molecule has 0 aliphatic carbocycles. The number of furan rings is 1. The molecule has 9 aromatic carbocycles. The van der Waals surface area contributed by atoms with Crippen LogP contribution in [0.5, 0.6) is 0 Å². The molecule has 0 fully saturated rings. The first-order valence-electron chi connectivity index (χ1n) is 18.5. The molecule has 55 heavy (non-hydrogen) atoms. The van der Waals surface area contributed by atoms with Crippen LogP contribution in [-0.2, 0) is 0 Å². The number of aromatic nitrogens is 1. The molecule has 2 heterocycles. The van der Waals surface area contributed by atoms with Gasteiger partial charge in [0, 0.05) is 28.0 Å². The summed E-state index contributed by atoms with van der Waals surface area (Å²) in [5.41, 5.74) is 12.0. The molecule has 11 rings (SSSR count). The average Bonchev–Trinajstić information content (AvgIpc) is 3.86. The fourth-order valence-corrected chi connectivity index (χ4v) is 8.04. The Morgan fingerprint density at radius 3 is 1.76 bits per heavy atom. The lowest BCUT2D eigenvalue weighted by molar-refractivity contribution is 0.622. The minimum atomic E-state index is 0.605. The third kappa shape index (κ3) is 5.26. The summed E-state index contributed by atoms with van der Waals surface area (Å²) in [6, 6.07) is 68.3. The Hall–Kier alpha value is -7.43. The molecule has 0 N–H and O–H groups in total. The minimum Gasteiger partial charge on any atom is -0.456 e. The first kappa shape index (κ1) is 31.1. The molecule has 11 aromatic rings. The van der Waals surface area contributed by atoms with Crippen LogP contribution in [0.25, 0.3) is 88.3 Å². The van der Waals surface area contributed by atoms with Gasteiger partial charge in [0.05, 0.1) is 5.39 Å². The highest BCUT2D eigenvalue weighted by Crippen LogP contribution is 2.41. The van der Waals surface area contributed by atoms with Crippen LogP contribution < -0.4 is 4.90 Å². The Bertz CT molecular complexity index is 3180. The van der Waals surface area contributed by atoms with E-state index in [4.69, 9.17) is 13.8 Å². The summed E-state index contributed by atoms with van der Waals surface area (Å²) >= 11 is 0. The number of fused-ring (bicyclic) bond motifs is 8. The van der Waals surface area contributed by atoms with Crippen LogP contribution in [0.4, 0.5) is 17.1 Å². The van der Waals surface area contributed by atoms with E-state index in [1.807, 2.05) is 42.5 Å². The smallest absolute Gasteiger partial charge is 0.227 e. The first-order chi connectivity index (χ1) is 27.2. The molecule has 0 bridgehead atoms. The quantitative estimate of drug-likeness (QED) is 0.162. The van der Waals surface area contributed by atoms with Crippen molar-refractivity contribution in [3.05, 3.63) is 194 Å². The molecular formula is C51H32N2O2. The third-order valence-corrected chi connectivity index (χ3v) is 10.7. The van der Waals surface area contributed by atoms with Crippen LogP contribution in [0.3, 0.4) is 0 Å². The van der Waals surface area contributed by atoms with Crippen molar-refractivity contribution < 1.29 is 8.83 Å². The Morgan fingerprint density at radius 2 is 1.00 bits per heavy atom. The van der Waals surface area contributed by atoms with Crippen molar-refractivity contribution in [1.82, 2.24) is 4.98 Å². The molecule has 258 valence electrons. The average molecular weight is 705 g/mol. The van der Waals surface area contributed by atoms with Crippen molar-refractivity contribution in [2.45, 2.75) is 0 Å². The lowest BCUT2D eigenvalue weighted by atomic mass is 9.93. The van der Waals surface area contributed by atoms with Crippen molar-refractivity contribution in [2.24, 2.45) is 0 Å². The third-order valence-electron chi connectivity index (χ3n) is 10.7. The predicted molar refractivity (Wildman–Crippen MR) is 227 cm³/mol. The molecule has 0 amide bonds. The SMILES string of the molecule is c1ccc(-c2nc3ccc4oc5cc(-c6ccc(N(c7ccccc7)c7ccc(-c8cc9ccccc9c9ccccc89)cc7)cc6)ccc5c4c3o2)cc1. The summed E-state index contributed by atoms with van der Waals surface area (Å²) in [5.74, 6) is 0.605. The van der Waals surface area contributed by atoms with Gasteiger partial charge in [0.2, 0.25) is 5.89 Å². The number of anilines is 3. The van der Waals surface area contributed by atoms with E-state index in [2.05, 4.69) is 157 Å². The van der Waals surface area contributed by atoms with Gasteiger partial charge in [0.15, 0.2) is 5.58 Å². The van der Waals surface area contributed by atoms with E-state index < -0.39 is 0 Å². The van der Waals surface area contributed by atoms with Gasteiger partial charge in [0.25, 0.3) is 0 Å². The van der Waals surface area contributed by atoms with Gasteiger partial charge in [-0.05, 0) is 123 Å². The number of benzene rings is 9. The van der Waals surface area contributed by atoms with Crippen molar-refractivity contribution in [3.8, 4) is 33.7 Å². The lowest BCUT2D eigenvalue weighted by Gasteiger charge is -2.26. The molecule has 0 atom stereocenters. The zero-order valence-corrected chi connectivity index (χ0v) is 29.7. The maximum Gasteiger partial charge on any atom is 0.227 e. The van der Waals surface area contributed by atoms with Gasteiger partial charge in [-0.15, -0.1) is 0 Å². The Labute approximate surface area is 317 Å². The van der Waals surface area contributed by atoms with Gasteiger partial charge >= 0.3 is 0 Å². The number of hydrogen-bond donors (Lipinski definition) is 0. The highest BCUT2D eigenvalue weighted by Gasteiger charge is 2.18. The van der Waals surface area contributed by atoms with E-state index >= 15 is 0 Å². The second-order valence-corrected chi connectivity index (χ2v) is 13.9. The van der Waals surface area contributed by atoms with E-state index in [1.54, 1.807) is 0 Å². The molecular weight excluding hydrogens is 673 g/mol. The summed E-state index contributed by atoms with van der Waals surface area (Å²) in [4.78, 5) is 7.08. The maximum atomic E-state index is 6.41. The number of rotatable bonds is 6. The van der Waals surface area contributed by atoms with Crippen LogP contribution in [-0.4, -0.2) is 4.98 Å². The Kier molecular flexibility index (Phi) is 7.14. The van der Waals surface area contributed by atoms with Crippen LogP contribution in [0.1, 0.15) is 0 Å². The van der Waals surface area contributed by atoms with Gasteiger partial charge in [-0.3, -0.25) is 0 Å². The molecule has 0 saturated carbocycles. The monoisotopic (exact) mass is 704 g/mol. The standard InChI is InChI=1S/C51H32N2O2/c1-3-11-35(12-4-1)51-52-46-29-30-47-49(50(46)55-51)44-28-23-36(32-48(44)54-47)33-19-24-39(25-20-33)53(38-14-5-2-6-15-38)40-26-21-34(22-27-40)45-31-37-13-7-8-16-41(37)42-17-9-10-18-43(42)45/h1-32H. The van der Waals surface area contributed by atoms with E-state index in [9.17, 15) is 0 Å². The van der Waals surface area contributed by atoms with Crippen LogP contribution in [0.2, 0.25) is 0 Å².